The first-order chi connectivity index (χ1) is 10.6. The fourth-order valence-corrected chi connectivity index (χ4v) is 2.53. The van der Waals surface area contributed by atoms with Gasteiger partial charge in [0.25, 0.3) is 0 Å². The Morgan fingerprint density at radius 1 is 1.09 bits per heavy atom. The van der Waals surface area contributed by atoms with Gasteiger partial charge in [0, 0.05) is 5.88 Å². The molecule has 114 valence electrons. The van der Waals surface area contributed by atoms with Gasteiger partial charge in [-0.25, -0.2) is 0 Å². The summed E-state index contributed by atoms with van der Waals surface area (Å²) >= 11 is 5.96. The monoisotopic (exact) mass is 310 g/mol. The molecule has 2 rings (SSSR count). The van der Waals surface area contributed by atoms with Crippen molar-refractivity contribution in [3.63, 3.8) is 0 Å². The highest BCUT2D eigenvalue weighted by molar-refractivity contribution is 6.18. The fraction of sp³-hybridized carbons (Fsp3) is 0.238. The van der Waals surface area contributed by atoms with E-state index in [1.807, 2.05) is 6.07 Å². The van der Waals surface area contributed by atoms with Crippen LogP contribution in [0.1, 0.15) is 30.0 Å². The molecule has 0 aromatic heterocycles. The SMILES string of the molecule is C=C(CC(C)CCl)/C(=C/c1ccc(C)cc1)c1ccccc1. The molecule has 1 atom stereocenters. The summed E-state index contributed by atoms with van der Waals surface area (Å²) < 4.78 is 0. The summed E-state index contributed by atoms with van der Waals surface area (Å²) in [5.74, 6) is 1.09. The third-order valence-electron chi connectivity index (χ3n) is 3.71. The third kappa shape index (κ3) is 4.61. The van der Waals surface area contributed by atoms with Gasteiger partial charge in [0.15, 0.2) is 0 Å². The molecule has 0 nitrogen and oxygen atoms in total. The van der Waals surface area contributed by atoms with E-state index in [1.165, 1.54) is 22.3 Å². The van der Waals surface area contributed by atoms with E-state index in [4.69, 9.17) is 11.6 Å². The standard InChI is InChI=1S/C21H23Cl/c1-16-9-11-19(12-10-16)14-21(18(3)13-17(2)15-22)20-7-5-4-6-8-20/h4-12,14,17H,3,13,15H2,1-2H3/b21-14-. The van der Waals surface area contributed by atoms with Gasteiger partial charge < -0.3 is 0 Å². The van der Waals surface area contributed by atoms with Gasteiger partial charge in [0.2, 0.25) is 0 Å². The molecular formula is C21H23Cl. The first-order valence-electron chi connectivity index (χ1n) is 7.68. The lowest BCUT2D eigenvalue weighted by Gasteiger charge is -2.15. The lowest BCUT2D eigenvalue weighted by Crippen LogP contribution is -1.99. The van der Waals surface area contributed by atoms with Crippen LogP contribution in [0.15, 0.2) is 66.7 Å². The largest absolute Gasteiger partial charge is 0.126 e. The van der Waals surface area contributed by atoms with Crippen molar-refractivity contribution in [3.05, 3.63) is 83.4 Å². The molecule has 0 saturated heterocycles. The maximum absolute atomic E-state index is 5.96. The molecule has 0 spiro atoms. The topological polar surface area (TPSA) is 0 Å². The highest BCUT2D eigenvalue weighted by Crippen LogP contribution is 2.29. The predicted molar refractivity (Wildman–Crippen MR) is 99.1 cm³/mol. The summed E-state index contributed by atoms with van der Waals surface area (Å²) in [7, 11) is 0. The summed E-state index contributed by atoms with van der Waals surface area (Å²) in [4.78, 5) is 0. The maximum atomic E-state index is 5.96. The molecule has 0 amide bonds. The molecule has 2 aromatic carbocycles. The van der Waals surface area contributed by atoms with Crippen molar-refractivity contribution >= 4 is 23.3 Å². The van der Waals surface area contributed by atoms with Crippen LogP contribution in [0.4, 0.5) is 0 Å². The summed E-state index contributed by atoms with van der Waals surface area (Å²) in [6, 6.07) is 19.0. The zero-order chi connectivity index (χ0) is 15.9. The van der Waals surface area contributed by atoms with E-state index in [0.29, 0.717) is 11.8 Å². The average Bonchev–Trinajstić information content (AvgIpc) is 2.54. The molecule has 1 unspecified atom stereocenters. The number of benzene rings is 2. The fourth-order valence-electron chi connectivity index (χ4n) is 2.42. The Morgan fingerprint density at radius 2 is 1.73 bits per heavy atom. The zero-order valence-electron chi connectivity index (χ0n) is 13.4. The van der Waals surface area contributed by atoms with Crippen LogP contribution in [0.2, 0.25) is 0 Å². The van der Waals surface area contributed by atoms with Crippen LogP contribution < -0.4 is 0 Å². The Kier molecular flexibility index (Phi) is 6.03. The molecule has 0 fully saturated rings. The summed E-state index contributed by atoms with van der Waals surface area (Å²) in [6.45, 7) is 8.57. The number of halogens is 1. The predicted octanol–water partition coefficient (Wildman–Crippen LogP) is 6.36. The van der Waals surface area contributed by atoms with Crippen LogP contribution >= 0.6 is 11.6 Å². The first-order valence-corrected chi connectivity index (χ1v) is 8.21. The van der Waals surface area contributed by atoms with Crippen LogP contribution in [0.3, 0.4) is 0 Å². The van der Waals surface area contributed by atoms with E-state index >= 15 is 0 Å². The van der Waals surface area contributed by atoms with E-state index in [1.54, 1.807) is 0 Å². The summed E-state index contributed by atoms with van der Waals surface area (Å²) in [5, 5.41) is 0. The van der Waals surface area contributed by atoms with Crippen LogP contribution in [0, 0.1) is 12.8 Å². The Morgan fingerprint density at radius 3 is 2.32 bits per heavy atom. The zero-order valence-corrected chi connectivity index (χ0v) is 14.1. The van der Waals surface area contributed by atoms with Crippen molar-refractivity contribution in [2.75, 3.05) is 5.88 Å². The molecule has 1 heteroatoms. The summed E-state index contributed by atoms with van der Waals surface area (Å²) in [5.41, 5.74) is 6.01. The number of hydrogen-bond acceptors (Lipinski definition) is 0. The molecule has 2 aromatic rings. The van der Waals surface area contributed by atoms with Gasteiger partial charge in [-0.1, -0.05) is 73.7 Å². The Labute approximate surface area is 139 Å². The number of aryl methyl sites for hydroxylation is 1. The number of hydrogen-bond donors (Lipinski definition) is 0. The lowest BCUT2D eigenvalue weighted by atomic mass is 9.91. The molecule has 0 aliphatic rings. The van der Waals surface area contributed by atoms with E-state index in [9.17, 15) is 0 Å². The van der Waals surface area contributed by atoms with Gasteiger partial charge in [-0.2, -0.15) is 0 Å². The average molecular weight is 311 g/mol. The van der Waals surface area contributed by atoms with Gasteiger partial charge in [-0.3, -0.25) is 0 Å². The molecule has 0 saturated carbocycles. The van der Waals surface area contributed by atoms with E-state index in [0.717, 1.165) is 12.0 Å². The molecule has 0 radical (unpaired) electrons. The number of rotatable bonds is 6. The van der Waals surface area contributed by atoms with E-state index < -0.39 is 0 Å². The second-order valence-corrected chi connectivity index (χ2v) is 6.21. The number of allylic oxidation sites excluding steroid dienone is 2. The van der Waals surface area contributed by atoms with Gasteiger partial charge in [-0.15, -0.1) is 11.6 Å². The lowest BCUT2D eigenvalue weighted by molar-refractivity contribution is 0.660. The Bertz CT molecular complexity index is 635. The van der Waals surface area contributed by atoms with Gasteiger partial charge in [0.05, 0.1) is 0 Å². The molecule has 22 heavy (non-hydrogen) atoms. The van der Waals surface area contributed by atoms with Crippen LogP contribution in [-0.2, 0) is 0 Å². The third-order valence-corrected chi connectivity index (χ3v) is 4.24. The normalized spacial score (nSPS) is 13.0. The minimum Gasteiger partial charge on any atom is -0.126 e. The molecule has 0 aliphatic carbocycles. The van der Waals surface area contributed by atoms with Crippen LogP contribution in [-0.4, -0.2) is 5.88 Å². The van der Waals surface area contributed by atoms with E-state index in [-0.39, 0.29) is 0 Å². The van der Waals surface area contributed by atoms with Crippen molar-refractivity contribution in [1.82, 2.24) is 0 Å². The molecule has 0 heterocycles. The van der Waals surface area contributed by atoms with Crippen molar-refractivity contribution in [2.24, 2.45) is 5.92 Å². The molecule has 0 N–H and O–H groups in total. The Balaban J connectivity index is 2.37. The van der Waals surface area contributed by atoms with Crippen molar-refractivity contribution in [2.45, 2.75) is 20.3 Å². The number of alkyl halides is 1. The Hall–Kier alpha value is -1.79. The van der Waals surface area contributed by atoms with Gasteiger partial charge >= 0.3 is 0 Å². The van der Waals surface area contributed by atoms with Crippen molar-refractivity contribution < 1.29 is 0 Å². The molecule has 0 bridgehead atoms. The second-order valence-electron chi connectivity index (χ2n) is 5.90. The van der Waals surface area contributed by atoms with E-state index in [2.05, 4.69) is 75.0 Å². The van der Waals surface area contributed by atoms with Crippen LogP contribution in [0.25, 0.3) is 11.6 Å². The molecule has 0 aliphatic heterocycles. The second kappa shape index (κ2) is 8.00. The highest BCUT2D eigenvalue weighted by Gasteiger charge is 2.10. The van der Waals surface area contributed by atoms with Gasteiger partial charge in [-0.05, 0) is 47.6 Å². The minimum atomic E-state index is 0.430. The van der Waals surface area contributed by atoms with Crippen molar-refractivity contribution in [3.8, 4) is 0 Å². The first kappa shape index (κ1) is 16.6. The minimum absolute atomic E-state index is 0.430. The van der Waals surface area contributed by atoms with Crippen LogP contribution in [0.5, 0.6) is 0 Å². The maximum Gasteiger partial charge on any atom is 0.0252 e. The smallest absolute Gasteiger partial charge is 0.0252 e. The van der Waals surface area contributed by atoms with Gasteiger partial charge in [0.1, 0.15) is 0 Å². The summed E-state index contributed by atoms with van der Waals surface area (Å²) in [6.07, 6.45) is 3.13. The molecular weight excluding hydrogens is 288 g/mol. The van der Waals surface area contributed by atoms with Crippen molar-refractivity contribution in [1.29, 1.82) is 0 Å². The quantitative estimate of drug-likeness (QED) is 0.331. The highest BCUT2D eigenvalue weighted by atomic mass is 35.5.